The van der Waals surface area contributed by atoms with Crippen LogP contribution < -0.4 is 10.7 Å². The van der Waals surface area contributed by atoms with Gasteiger partial charge in [-0.2, -0.15) is 5.10 Å². The van der Waals surface area contributed by atoms with Gasteiger partial charge < -0.3 is 5.32 Å². The minimum absolute atomic E-state index is 0.193. The number of carbonyl (C=O) groups is 2. The molecule has 0 saturated carbocycles. The third kappa shape index (κ3) is 4.90. The predicted octanol–water partition coefficient (Wildman–Crippen LogP) is 5.55. The summed E-state index contributed by atoms with van der Waals surface area (Å²) >= 11 is 0. The lowest BCUT2D eigenvalue weighted by molar-refractivity contribution is 0.0954. The standard InChI is InChI=1S/C27H23N3O2/c1-18-6-5-9-24(16-18)26(31)28-25-14-12-21(13-15-25)27(32)30-29-19(2)22-11-10-20-7-3-4-8-23(20)17-22/h3-17H,1-2H3,(H,28,31)(H,30,32). The van der Waals surface area contributed by atoms with Crippen molar-refractivity contribution in [3.8, 4) is 0 Å². The molecule has 0 heterocycles. The highest BCUT2D eigenvalue weighted by Gasteiger charge is 2.09. The van der Waals surface area contributed by atoms with Crippen molar-refractivity contribution >= 4 is 34.0 Å². The number of nitrogens with zero attached hydrogens (tertiary/aromatic N) is 1. The van der Waals surface area contributed by atoms with Crippen LogP contribution >= 0.6 is 0 Å². The van der Waals surface area contributed by atoms with Gasteiger partial charge in [0.05, 0.1) is 5.71 Å². The molecule has 5 nitrogen and oxygen atoms in total. The smallest absolute Gasteiger partial charge is 0.271 e. The molecule has 0 unspecified atom stereocenters. The van der Waals surface area contributed by atoms with Crippen LogP contribution in [0.25, 0.3) is 10.8 Å². The maximum atomic E-state index is 12.5. The zero-order valence-electron chi connectivity index (χ0n) is 17.9. The fourth-order valence-corrected chi connectivity index (χ4v) is 3.37. The van der Waals surface area contributed by atoms with Crippen LogP contribution in [0, 0.1) is 6.92 Å². The summed E-state index contributed by atoms with van der Waals surface area (Å²) in [5.41, 5.74) is 6.93. The van der Waals surface area contributed by atoms with Crippen LogP contribution in [0.5, 0.6) is 0 Å². The Morgan fingerprint density at radius 2 is 1.41 bits per heavy atom. The minimum Gasteiger partial charge on any atom is -0.322 e. The topological polar surface area (TPSA) is 70.6 Å². The number of hydrazone groups is 1. The van der Waals surface area contributed by atoms with Crippen LogP contribution in [-0.2, 0) is 0 Å². The summed E-state index contributed by atoms with van der Waals surface area (Å²) in [4.78, 5) is 24.9. The summed E-state index contributed by atoms with van der Waals surface area (Å²) in [6, 6.07) is 28.2. The normalized spacial score (nSPS) is 11.2. The van der Waals surface area contributed by atoms with Crippen molar-refractivity contribution in [3.05, 3.63) is 113 Å². The number of aryl methyl sites for hydroxylation is 1. The first-order valence-corrected chi connectivity index (χ1v) is 10.3. The van der Waals surface area contributed by atoms with Gasteiger partial charge in [0.25, 0.3) is 11.8 Å². The number of nitrogens with one attached hydrogen (secondary N) is 2. The molecule has 0 aliphatic rings. The molecular formula is C27H23N3O2. The van der Waals surface area contributed by atoms with Gasteiger partial charge in [0.15, 0.2) is 0 Å². The molecule has 0 aliphatic carbocycles. The largest absolute Gasteiger partial charge is 0.322 e. The Morgan fingerprint density at radius 3 is 2.16 bits per heavy atom. The van der Waals surface area contributed by atoms with Gasteiger partial charge in [-0.25, -0.2) is 5.43 Å². The molecule has 0 radical (unpaired) electrons. The number of carbonyl (C=O) groups excluding carboxylic acids is 2. The Balaban J connectivity index is 1.40. The average molecular weight is 422 g/mol. The van der Waals surface area contributed by atoms with Gasteiger partial charge >= 0.3 is 0 Å². The highest BCUT2D eigenvalue weighted by molar-refractivity contribution is 6.05. The summed E-state index contributed by atoms with van der Waals surface area (Å²) in [5, 5.41) is 9.36. The molecular weight excluding hydrogens is 398 g/mol. The molecule has 0 aromatic heterocycles. The molecule has 0 spiro atoms. The zero-order chi connectivity index (χ0) is 22.5. The van der Waals surface area contributed by atoms with E-state index in [0.29, 0.717) is 22.5 Å². The van der Waals surface area contributed by atoms with Crippen molar-refractivity contribution in [1.29, 1.82) is 0 Å². The number of amides is 2. The van der Waals surface area contributed by atoms with Crippen molar-refractivity contribution in [1.82, 2.24) is 5.43 Å². The second-order valence-electron chi connectivity index (χ2n) is 7.60. The second kappa shape index (κ2) is 9.27. The van der Waals surface area contributed by atoms with Crippen molar-refractivity contribution in [2.45, 2.75) is 13.8 Å². The third-order valence-corrected chi connectivity index (χ3v) is 5.18. The lowest BCUT2D eigenvalue weighted by Crippen LogP contribution is -2.19. The summed E-state index contributed by atoms with van der Waals surface area (Å²) < 4.78 is 0. The van der Waals surface area contributed by atoms with Crippen LogP contribution in [0.2, 0.25) is 0 Å². The predicted molar refractivity (Wildman–Crippen MR) is 129 cm³/mol. The molecule has 5 heteroatoms. The first kappa shape index (κ1) is 21.0. The minimum atomic E-state index is -0.318. The van der Waals surface area contributed by atoms with Crippen molar-refractivity contribution in [2.24, 2.45) is 5.10 Å². The van der Waals surface area contributed by atoms with Crippen LogP contribution in [0.1, 0.15) is 38.8 Å². The Labute approximate surface area is 186 Å². The highest BCUT2D eigenvalue weighted by Crippen LogP contribution is 2.16. The monoisotopic (exact) mass is 421 g/mol. The van der Waals surface area contributed by atoms with Gasteiger partial charge in [0.2, 0.25) is 0 Å². The zero-order valence-corrected chi connectivity index (χ0v) is 17.9. The number of benzene rings is 4. The Kier molecular flexibility index (Phi) is 6.08. The first-order valence-electron chi connectivity index (χ1n) is 10.3. The van der Waals surface area contributed by atoms with Gasteiger partial charge in [0.1, 0.15) is 0 Å². The Bertz CT molecular complexity index is 1320. The molecule has 158 valence electrons. The van der Waals surface area contributed by atoms with Crippen LogP contribution in [0.3, 0.4) is 0 Å². The van der Waals surface area contributed by atoms with E-state index in [9.17, 15) is 9.59 Å². The number of hydrogen-bond donors (Lipinski definition) is 2. The van der Waals surface area contributed by atoms with E-state index < -0.39 is 0 Å². The molecule has 0 atom stereocenters. The van der Waals surface area contributed by atoms with E-state index in [0.717, 1.165) is 21.9 Å². The van der Waals surface area contributed by atoms with Gasteiger partial charge in [-0.15, -0.1) is 0 Å². The molecule has 4 aromatic carbocycles. The van der Waals surface area contributed by atoms with Gasteiger partial charge in [-0.1, -0.05) is 54.1 Å². The Hall–Kier alpha value is -4.25. The molecule has 0 saturated heterocycles. The maximum absolute atomic E-state index is 12.5. The summed E-state index contributed by atoms with van der Waals surface area (Å²) in [6.45, 7) is 3.79. The number of rotatable bonds is 5. The lowest BCUT2D eigenvalue weighted by atomic mass is 10.0. The molecule has 4 rings (SSSR count). The lowest BCUT2D eigenvalue weighted by Gasteiger charge is -2.07. The Morgan fingerprint density at radius 1 is 0.688 bits per heavy atom. The van der Waals surface area contributed by atoms with Crippen molar-refractivity contribution in [3.63, 3.8) is 0 Å². The van der Waals surface area contributed by atoms with Crippen LogP contribution in [0.15, 0.2) is 96.1 Å². The molecule has 0 aliphatic heterocycles. The average Bonchev–Trinajstić information content (AvgIpc) is 2.82. The highest BCUT2D eigenvalue weighted by atomic mass is 16.2. The molecule has 0 bridgehead atoms. The molecule has 2 amide bonds. The van der Waals surface area contributed by atoms with Gasteiger partial charge in [0, 0.05) is 16.8 Å². The van der Waals surface area contributed by atoms with E-state index in [4.69, 9.17) is 0 Å². The van der Waals surface area contributed by atoms with E-state index in [1.807, 2.05) is 68.4 Å². The van der Waals surface area contributed by atoms with E-state index in [-0.39, 0.29) is 11.8 Å². The number of anilines is 1. The number of fused-ring (bicyclic) bond motifs is 1. The quantitative estimate of drug-likeness (QED) is 0.327. The SMILES string of the molecule is CC(=NNC(=O)c1ccc(NC(=O)c2cccc(C)c2)cc1)c1ccc2ccccc2c1. The third-order valence-electron chi connectivity index (χ3n) is 5.18. The maximum Gasteiger partial charge on any atom is 0.271 e. The van der Waals surface area contributed by atoms with E-state index in [1.54, 1.807) is 30.3 Å². The van der Waals surface area contributed by atoms with Crippen molar-refractivity contribution in [2.75, 3.05) is 5.32 Å². The molecule has 2 N–H and O–H groups in total. The van der Waals surface area contributed by atoms with Crippen LogP contribution in [-0.4, -0.2) is 17.5 Å². The number of hydrogen-bond acceptors (Lipinski definition) is 3. The van der Waals surface area contributed by atoms with Gasteiger partial charge in [-0.3, -0.25) is 9.59 Å². The van der Waals surface area contributed by atoms with E-state index in [2.05, 4.69) is 21.9 Å². The first-order chi connectivity index (χ1) is 15.5. The fourth-order valence-electron chi connectivity index (χ4n) is 3.37. The summed E-state index contributed by atoms with van der Waals surface area (Å²) in [6.07, 6.45) is 0. The molecule has 4 aromatic rings. The van der Waals surface area contributed by atoms with E-state index in [1.165, 1.54) is 0 Å². The fraction of sp³-hybridized carbons (Fsp3) is 0.0741. The van der Waals surface area contributed by atoms with E-state index >= 15 is 0 Å². The van der Waals surface area contributed by atoms with Crippen molar-refractivity contribution < 1.29 is 9.59 Å². The summed E-state index contributed by atoms with van der Waals surface area (Å²) in [5.74, 6) is -0.511. The second-order valence-corrected chi connectivity index (χ2v) is 7.60. The van der Waals surface area contributed by atoms with Gasteiger partial charge in [-0.05, 0) is 72.6 Å². The van der Waals surface area contributed by atoms with Crippen LogP contribution in [0.4, 0.5) is 5.69 Å². The summed E-state index contributed by atoms with van der Waals surface area (Å²) in [7, 11) is 0. The molecule has 32 heavy (non-hydrogen) atoms. The molecule has 0 fully saturated rings.